The number of allylic oxidation sites excluding steroid dienone is 1. The highest BCUT2D eigenvalue weighted by Gasteiger charge is 2.50. The summed E-state index contributed by atoms with van der Waals surface area (Å²) in [6, 6.07) is 17.1. The van der Waals surface area contributed by atoms with E-state index in [1.54, 1.807) is 12.1 Å². The molecule has 0 N–H and O–H groups in total. The third kappa shape index (κ3) is 4.01. The smallest absolute Gasteiger partial charge is 0.226 e. The van der Waals surface area contributed by atoms with Crippen LogP contribution in [0.5, 0.6) is 0 Å². The Morgan fingerprint density at radius 1 is 1.11 bits per heavy atom. The molecule has 1 aliphatic heterocycles. The molecule has 0 spiro atoms. The predicted octanol–water partition coefficient (Wildman–Crippen LogP) is 5.85. The van der Waals surface area contributed by atoms with Crippen molar-refractivity contribution in [1.82, 2.24) is 14.7 Å². The summed E-state index contributed by atoms with van der Waals surface area (Å²) in [5.41, 5.74) is 5.65. The van der Waals surface area contributed by atoms with Gasteiger partial charge in [0.2, 0.25) is 5.91 Å². The van der Waals surface area contributed by atoms with Crippen LogP contribution in [0.2, 0.25) is 0 Å². The van der Waals surface area contributed by atoms with Gasteiger partial charge in [0.25, 0.3) is 0 Å². The van der Waals surface area contributed by atoms with Crippen molar-refractivity contribution in [3.63, 3.8) is 0 Å². The Morgan fingerprint density at radius 2 is 1.91 bits per heavy atom. The lowest BCUT2D eigenvalue weighted by atomic mass is 9.69. The quantitative estimate of drug-likeness (QED) is 0.481. The van der Waals surface area contributed by atoms with Crippen LogP contribution < -0.4 is 0 Å². The molecular formula is C30H32FN3O. The largest absolute Gasteiger partial charge is 0.342 e. The van der Waals surface area contributed by atoms with Crippen molar-refractivity contribution >= 4 is 12.0 Å². The van der Waals surface area contributed by atoms with E-state index in [4.69, 9.17) is 0 Å². The number of likely N-dealkylation sites (tertiary alicyclic amines) is 1. The van der Waals surface area contributed by atoms with Crippen molar-refractivity contribution in [2.45, 2.75) is 45.4 Å². The number of nitrogens with zero attached hydrogens (tertiary/aromatic N) is 3. The summed E-state index contributed by atoms with van der Waals surface area (Å²) in [7, 11) is 0. The Labute approximate surface area is 206 Å². The van der Waals surface area contributed by atoms with Gasteiger partial charge < -0.3 is 4.90 Å². The monoisotopic (exact) mass is 469 g/mol. The third-order valence-corrected chi connectivity index (χ3v) is 8.53. The second-order valence-electron chi connectivity index (χ2n) is 10.8. The topological polar surface area (TPSA) is 38.1 Å². The number of benzene rings is 2. The zero-order valence-electron chi connectivity index (χ0n) is 20.3. The van der Waals surface area contributed by atoms with Gasteiger partial charge in [-0.15, -0.1) is 0 Å². The highest BCUT2D eigenvalue weighted by Crippen LogP contribution is 2.53. The van der Waals surface area contributed by atoms with Gasteiger partial charge in [-0.1, -0.05) is 42.8 Å². The molecule has 2 aromatic carbocycles. The van der Waals surface area contributed by atoms with E-state index >= 15 is 0 Å². The number of halogens is 1. The van der Waals surface area contributed by atoms with Crippen molar-refractivity contribution in [2.75, 3.05) is 13.1 Å². The summed E-state index contributed by atoms with van der Waals surface area (Å²) < 4.78 is 15.3. The van der Waals surface area contributed by atoms with E-state index in [1.807, 2.05) is 10.9 Å². The SMILES string of the molecule is C[C@]12Cc3cnn(-c4ccc(F)cc4)c3C=C1CC[C@@H]2C(=O)N1CCCC(Cc2ccccc2)C1. The summed E-state index contributed by atoms with van der Waals surface area (Å²) >= 11 is 0. The fourth-order valence-electron chi connectivity index (χ4n) is 6.63. The predicted molar refractivity (Wildman–Crippen MR) is 135 cm³/mol. The van der Waals surface area contributed by atoms with Crippen LogP contribution in [0.4, 0.5) is 4.39 Å². The van der Waals surface area contributed by atoms with Crippen LogP contribution in [0, 0.1) is 23.1 Å². The van der Waals surface area contributed by atoms with Crippen LogP contribution in [-0.4, -0.2) is 33.7 Å². The molecule has 2 fully saturated rings. The number of amides is 1. The highest BCUT2D eigenvalue weighted by atomic mass is 19.1. The minimum atomic E-state index is -0.249. The number of carbonyl (C=O) groups excluding carboxylic acids is 1. The maximum atomic E-state index is 13.9. The van der Waals surface area contributed by atoms with E-state index in [-0.39, 0.29) is 17.2 Å². The molecule has 3 aromatic rings. The molecule has 0 bridgehead atoms. The van der Waals surface area contributed by atoms with Crippen LogP contribution in [-0.2, 0) is 17.6 Å². The molecule has 1 aromatic heterocycles. The van der Waals surface area contributed by atoms with Gasteiger partial charge in [0.05, 0.1) is 17.6 Å². The number of aromatic nitrogens is 2. The number of fused-ring (bicyclic) bond motifs is 2. The molecule has 180 valence electrons. The zero-order valence-corrected chi connectivity index (χ0v) is 20.3. The van der Waals surface area contributed by atoms with E-state index in [0.29, 0.717) is 11.8 Å². The average molecular weight is 470 g/mol. The lowest BCUT2D eigenvalue weighted by molar-refractivity contribution is -0.140. The fraction of sp³-hybridized carbons (Fsp3) is 0.400. The van der Waals surface area contributed by atoms with Gasteiger partial charge in [-0.25, -0.2) is 9.07 Å². The van der Waals surface area contributed by atoms with Gasteiger partial charge in [0, 0.05) is 24.4 Å². The minimum Gasteiger partial charge on any atom is -0.342 e. The average Bonchev–Trinajstić information content (AvgIpc) is 3.43. The fourth-order valence-corrected chi connectivity index (χ4v) is 6.63. The van der Waals surface area contributed by atoms with Gasteiger partial charge in [-0.2, -0.15) is 5.10 Å². The van der Waals surface area contributed by atoms with Crippen molar-refractivity contribution < 1.29 is 9.18 Å². The second kappa shape index (κ2) is 8.78. The summed E-state index contributed by atoms with van der Waals surface area (Å²) in [4.78, 5) is 16.0. The van der Waals surface area contributed by atoms with Gasteiger partial charge in [-0.05, 0) is 85.9 Å². The molecule has 4 nitrogen and oxygen atoms in total. The van der Waals surface area contributed by atoms with Crippen molar-refractivity contribution in [1.29, 1.82) is 0 Å². The standard InChI is InChI=1S/C30H32FN3O/c1-30-18-23-19-32-34(26-12-10-25(31)11-13-26)28(23)17-24(30)9-14-27(30)29(35)33-15-5-8-22(20-33)16-21-6-3-2-4-7-21/h2-4,6-7,10-13,17,19,22,27H,5,8-9,14-16,18,20H2,1H3/t22?,27-,30+/m1/s1. The molecule has 3 atom stereocenters. The normalized spacial score (nSPS) is 25.7. The molecular weight excluding hydrogens is 437 g/mol. The Hall–Kier alpha value is -3.21. The summed E-state index contributed by atoms with van der Waals surface area (Å²) in [6.07, 6.45) is 10.2. The molecule has 35 heavy (non-hydrogen) atoms. The van der Waals surface area contributed by atoms with Gasteiger partial charge in [0.1, 0.15) is 5.82 Å². The van der Waals surface area contributed by atoms with E-state index in [1.165, 1.54) is 35.3 Å². The van der Waals surface area contributed by atoms with Crippen molar-refractivity contribution in [3.05, 3.63) is 89.0 Å². The molecule has 1 amide bonds. The van der Waals surface area contributed by atoms with Gasteiger partial charge in [0.15, 0.2) is 0 Å². The van der Waals surface area contributed by atoms with Gasteiger partial charge in [-0.3, -0.25) is 4.79 Å². The first-order valence-electron chi connectivity index (χ1n) is 12.9. The van der Waals surface area contributed by atoms with E-state index in [0.717, 1.165) is 56.6 Å². The number of rotatable bonds is 4. The summed E-state index contributed by atoms with van der Waals surface area (Å²) in [5, 5.41) is 4.62. The number of piperidine rings is 1. The molecule has 6 rings (SSSR count). The molecule has 2 heterocycles. The second-order valence-corrected chi connectivity index (χ2v) is 10.8. The lowest BCUT2D eigenvalue weighted by Gasteiger charge is -2.40. The van der Waals surface area contributed by atoms with Crippen molar-refractivity contribution in [3.8, 4) is 5.69 Å². The van der Waals surface area contributed by atoms with E-state index in [2.05, 4.69) is 53.3 Å². The van der Waals surface area contributed by atoms with E-state index in [9.17, 15) is 9.18 Å². The maximum Gasteiger partial charge on any atom is 0.226 e. The molecule has 1 unspecified atom stereocenters. The first-order chi connectivity index (χ1) is 17.0. The van der Waals surface area contributed by atoms with Crippen LogP contribution in [0.1, 0.15) is 49.4 Å². The Balaban J connectivity index is 1.21. The van der Waals surface area contributed by atoms with Crippen LogP contribution in [0.15, 0.2) is 66.4 Å². The summed E-state index contributed by atoms with van der Waals surface area (Å²) in [6.45, 7) is 4.02. The Bertz CT molecular complexity index is 1260. The van der Waals surface area contributed by atoms with Crippen LogP contribution in [0.25, 0.3) is 11.8 Å². The molecule has 2 aliphatic carbocycles. The third-order valence-electron chi connectivity index (χ3n) is 8.53. The van der Waals surface area contributed by atoms with Crippen molar-refractivity contribution in [2.24, 2.45) is 17.3 Å². The first-order valence-corrected chi connectivity index (χ1v) is 12.9. The molecule has 3 aliphatic rings. The van der Waals surface area contributed by atoms with Crippen LogP contribution >= 0.6 is 0 Å². The molecule has 5 heteroatoms. The minimum absolute atomic E-state index is 0.0200. The van der Waals surface area contributed by atoms with E-state index < -0.39 is 0 Å². The lowest BCUT2D eigenvalue weighted by Crippen LogP contribution is -2.47. The zero-order chi connectivity index (χ0) is 24.0. The Morgan fingerprint density at radius 3 is 2.71 bits per heavy atom. The number of hydrogen-bond acceptors (Lipinski definition) is 2. The highest BCUT2D eigenvalue weighted by molar-refractivity contribution is 5.82. The van der Waals surface area contributed by atoms with Crippen LogP contribution in [0.3, 0.4) is 0 Å². The number of hydrogen-bond donors (Lipinski definition) is 0. The molecule has 1 saturated carbocycles. The Kier molecular flexibility index (Phi) is 5.58. The number of carbonyl (C=O) groups is 1. The molecule has 0 radical (unpaired) electrons. The summed E-state index contributed by atoms with van der Waals surface area (Å²) in [5.74, 6) is 0.641. The maximum absolute atomic E-state index is 13.9. The first kappa shape index (κ1) is 22.3. The molecule has 1 saturated heterocycles. The van der Waals surface area contributed by atoms with Gasteiger partial charge >= 0.3 is 0 Å².